The van der Waals surface area contributed by atoms with Gasteiger partial charge in [-0.05, 0) is 64.2 Å². The second kappa shape index (κ2) is 38.8. The van der Waals surface area contributed by atoms with Crippen LogP contribution in [0.4, 0.5) is 0 Å². The number of ether oxygens (including phenoxy) is 2. The molecule has 0 saturated carbocycles. The summed E-state index contributed by atoms with van der Waals surface area (Å²) in [6.45, 7) is 1.34. The van der Waals surface area contributed by atoms with Gasteiger partial charge >= 0.3 is 11.9 Å². The molecule has 57 heavy (non-hydrogen) atoms. The van der Waals surface area contributed by atoms with Gasteiger partial charge in [-0.1, -0.05) is 141 Å². The fraction of sp³-hybridized carbons (Fsp3) is 0.857. The lowest BCUT2D eigenvalue weighted by Crippen LogP contribution is -2.31. The predicted molar refractivity (Wildman–Crippen MR) is 219 cm³/mol. The Hall–Kier alpha value is -1.40. The van der Waals surface area contributed by atoms with Crippen molar-refractivity contribution in [3.05, 3.63) is 24.3 Å². The molecule has 0 aliphatic heterocycles. The molecule has 0 heterocycles. The summed E-state index contributed by atoms with van der Waals surface area (Å²) in [5.41, 5.74) is 0. The Labute approximate surface area is 344 Å². The Morgan fingerprint density at radius 2 is 0.877 bits per heavy atom. The molecule has 0 bridgehead atoms. The first-order chi connectivity index (χ1) is 27.4. The van der Waals surface area contributed by atoms with Crippen LogP contribution in [-0.2, 0) is 41.8 Å². The Morgan fingerprint density at radius 3 is 1.32 bits per heavy atom. The van der Waals surface area contributed by atoms with Crippen LogP contribution in [-0.4, -0.2) is 55.7 Å². The minimum atomic E-state index is -5.38. The molecule has 0 radical (unpaired) electrons. The number of allylic oxidation sites excluding steroid dienone is 4. The van der Waals surface area contributed by atoms with Crippen LogP contribution in [0.2, 0.25) is 0 Å². The molecular formula is C42H77O13P2-3. The molecule has 0 aliphatic rings. The number of hydrogen-bond donors (Lipinski definition) is 1. The standard InChI is InChI=1S/C42H80O13P2/c1-3-5-7-9-11-13-15-17-19-21-23-25-27-29-31-33-41(44)51-37-40(38-54-57(49,50)53-36-39(43)35-52-56(46,47)48)55-42(45)34-32-30-28-26-24-22-20-18-16-14-12-10-8-6-4-2/h13-16,39-40,43H,3-12,17-38H2,1-2H3,(H,49,50)(H2,46,47,48)/p-3/b15-13-,16-14-/t39-,40+/m0/s1. The van der Waals surface area contributed by atoms with Gasteiger partial charge in [0.1, 0.15) is 12.7 Å². The van der Waals surface area contributed by atoms with Gasteiger partial charge in [-0.25, -0.2) is 0 Å². The fourth-order valence-corrected chi connectivity index (χ4v) is 7.05. The molecule has 0 aromatic carbocycles. The quantitative estimate of drug-likeness (QED) is 0.0264. The van der Waals surface area contributed by atoms with Crippen molar-refractivity contribution >= 4 is 27.6 Å². The fourth-order valence-electron chi connectivity index (χ4n) is 5.91. The predicted octanol–water partition coefficient (Wildman–Crippen LogP) is 9.22. The van der Waals surface area contributed by atoms with Gasteiger partial charge in [0, 0.05) is 12.8 Å². The SMILES string of the molecule is CCCCCC/C=C\CCCCCCCCCC(=O)OC[C@H](COP(=O)([O-])OC[C@@H](O)COP(=O)([O-])[O-])OC(=O)CCCCCCCCC/C=C\CCCCCC. The maximum absolute atomic E-state index is 12.6. The van der Waals surface area contributed by atoms with Crippen molar-refractivity contribution in [3.63, 3.8) is 0 Å². The highest BCUT2D eigenvalue weighted by molar-refractivity contribution is 7.45. The first-order valence-corrected chi connectivity index (χ1v) is 24.9. The number of phosphoric acid groups is 2. The summed E-state index contributed by atoms with van der Waals surface area (Å²) >= 11 is 0. The number of carbonyl (C=O) groups excluding carboxylic acids is 2. The summed E-state index contributed by atoms with van der Waals surface area (Å²) in [4.78, 5) is 58.5. The number of aliphatic hydroxyl groups excluding tert-OH is 1. The van der Waals surface area contributed by atoms with Crippen molar-refractivity contribution in [1.82, 2.24) is 0 Å². The molecule has 0 aromatic rings. The van der Waals surface area contributed by atoms with Gasteiger partial charge in [-0.15, -0.1) is 0 Å². The second-order valence-corrected chi connectivity index (χ2v) is 17.5. The highest BCUT2D eigenvalue weighted by Gasteiger charge is 2.22. The van der Waals surface area contributed by atoms with Gasteiger partial charge < -0.3 is 47.4 Å². The molecule has 1 unspecified atom stereocenters. The van der Waals surface area contributed by atoms with Crippen LogP contribution in [0.1, 0.15) is 194 Å². The molecule has 0 spiro atoms. The van der Waals surface area contributed by atoms with Crippen LogP contribution >= 0.6 is 15.6 Å². The van der Waals surface area contributed by atoms with E-state index in [4.69, 9.17) is 14.0 Å². The average molecular weight is 852 g/mol. The van der Waals surface area contributed by atoms with E-state index in [2.05, 4.69) is 47.2 Å². The van der Waals surface area contributed by atoms with Crippen LogP contribution in [0.25, 0.3) is 0 Å². The van der Waals surface area contributed by atoms with E-state index in [-0.39, 0.29) is 12.8 Å². The lowest BCUT2D eigenvalue weighted by Gasteiger charge is -2.30. The summed E-state index contributed by atoms with van der Waals surface area (Å²) in [5, 5.41) is 9.66. The molecule has 13 nitrogen and oxygen atoms in total. The van der Waals surface area contributed by atoms with E-state index in [0.717, 1.165) is 70.6 Å². The highest BCUT2D eigenvalue weighted by Crippen LogP contribution is 2.39. The van der Waals surface area contributed by atoms with Crippen molar-refractivity contribution < 1.29 is 61.6 Å². The van der Waals surface area contributed by atoms with Gasteiger partial charge in [-0.2, -0.15) is 0 Å². The zero-order valence-corrected chi connectivity index (χ0v) is 37.1. The molecule has 0 amide bonds. The van der Waals surface area contributed by atoms with Crippen LogP contribution in [0, 0.1) is 0 Å². The van der Waals surface area contributed by atoms with Crippen LogP contribution in [0.15, 0.2) is 24.3 Å². The van der Waals surface area contributed by atoms with Gasteiger partial charge in [0.25, 0.3) is 7.82 Å². The number of esters is 2. The van der Waals surface area contributed by atoms with Gasteiger partial charge in [0.2, 0.25) is 0 Å². The Kier molecular flexibility index (Phi) is 37.8. The maximum atomic E-state index is 12.6. The van der Waals surface area contributed by atoms with E-state index in [0.29, 0.717) is 12.8 Å². The first kappa shape index (κ1) is 55.6. The van der Waals surface area contributed by atoms with E-state index in [9.17, 15) is 38.5 Å². The zero-order chi connectivity index (χ0) is 42.3. The normalized spacial score (nSPS) is 14.3. The van der Waals surface area contributed by atoms with E-state index in [1.54, 1.807) is 0 Å². The Bertz CT molecular complexity index is 1110. The number of hydrogen-bond acceptors (Lipinski definition) is 13. The molecule has 336 valence electrons. The maximum Gasteiger partial charge on any atom is 0.306 e. The lowest BCUT2D eigenvalue weighted by atomic mass is 10.1. The smallest absolute Gasteiger partial charge is 0.306 e. The molecule has 0 rings (SSSR count). The molecule has 3 atom stereocenters. The van der Waals surface area contributed by atoms with Gasteiger partial charge in [-0.3, -0.25) is 14.2 Å². The summed E-state index contributed by atoms with van der Waals surface area (Å²) in [5.74, 6) is -1.09. The van der Waals surface area contributed by atoms with E-state index in [1.807, 2.05) is 0 Å². The van der Waals surface area contributed by atoms with Crippen LogP contribution in [0.3, 0.4) is 0 Å². The molecule has 0 saturated heterocycles. The first-order valence-electron chi connectivity index (χ1n) is 22.0. The topological polar surface area (TPSA) is 204 Å². The highest BCUT2D eigenvalue weighted by atomic mass is 31.2. The van der Waals surface area contributed by atoms with E-state index < -0.39 is 66.2 Å². The van der Waals surface area contributed by atoms with Crippen molar-refractivity contribution in [2.75, 3.05) is 26.4 Å². The number of phosphoric ester groups is 2. The van der Waals surface area contributed by atoms with Crippen molar-refractivity contribution in [2.24, 2.45) is 0 Å². The second-order valence-electron chi connectivity index (χ2n) is 14.9. The zero-order valence-electron chi connectivity index (χ0n) is 35.3. The minimum Gasteiger partial charge on any atom is -0.790 e. The molecule has 0 aromatic heterocycles. The van der Waals surface area contributed by atoms with Gasteiger partial charge in [0.05, 0.1) is 27.6 Å². The molecule has 1 N–H and O–H groups in total. The molecule has 15 heteroatoms. The van der Waals surface area contributed by atoms with Gasteiger partial charge in [0.15, 0.2) is 6.10 Å². The monoisotopic (exact) mass is 851 g/mol. The third-order valence-electron chi connectivity index (χ3n) is 9.28. The lowest BCUT2D eigenvalue weighted by molar-refractivity contribution is -0.342. The van der Waals surface area contributed by atoms with E-state index >= 15 is 0 Å². The largest absolute Gasteiger partial charge is 0.790 e. The minimum absolute atomic E-state index is 0.102. The molecular weight excluding hydrogens is 774 g/mol. The summed E-state index contributed by atoms with van der Waals surface area (Å²) in [6.07, 6.45) is 35.4. The van der Waals surface area contributed by atoms with Crippen LogP contribution in [0.5, 0.6) is 0 Å². The van der Waals surface area contributed by atoms with E-state index in [1.165, 1.54) is 83.5 Å². The number of unbranched alkanes of at least 4 members (excludes halogenated alkanes) is 22. The third kappa shape index (κ3) is 42.5. The van der Waals surface area contributed by atoms with Crippen molar-refractivity contribution in [2.45, 2.75) is 206 Å². The number of rotatable bonds is 42. The van der Waals surface area contributed by atoms with Crippen molar-refractivity contribution in [3.8, 4) is 0 Å². The number of carbonyl (C=O) groups is 2. The number of aliphatic hydroxyl groups is 1. The van der Waals surface area contributed by atoms with Crippen molar-refractivity contribution in [1.29, 1.82) is 0 Å². The van der Waals surface area contributed by atoms with Crippen LogP contribution < -0.4 is 14.7 Å². The molecule has 0 aliphatic carbocycles. The summed E-state index contributed by atoms with van der Waals surface area (Å²) < 4.78 is 46.8. The Morgan fingerprint density at radius 1 is 0.509 bits per heavy atom. The summed E-state index contributed by atoms with van der Waals surface area (Å²) in [7, 11) is -10.5. The third-order valence-corrected chi connectivity index (χ3v) is 10.7. The molecule has 0 fully saturated rings. The Balaban J connectivity index is 4.51. The summed E-state index contributed by atoms with van der Waals surface area (Å²) in [6, 6.07) is 0. The average Bonchev–Trinajstić information content (AvgIpc) is 3.17.